The van der Waals surface area contributed by atoms with Gasteiger partial charge in [0.2, 0.25) is 0 Å². The van der Waals surface area contributed by atoms with Crippen LogP contribution in [0, 0.1) is 0 Å². The van der Waals surface area contributed by atoms with E-state index in [2.05, 4.69) is 22.6 Å². The van der Waals surface area contributed by atoms with Gasteiger partial charge in [0.25, 0.3) is 9.05 Å². The van der Waals surface area contributed by atoms with Crippen LogP contribution in [-0.2, 0) is 9.05 Å². The van der Waals surface area contributed by atoms with Crippen molar-refractivity contribution in [1.82, 2.24) is 0 Å². The minimum atomic E-state index is -3.42. The Balaban J connectivity index is 2.78. The maximum atomic E-state index is 10.8. The summed E-state index contributed by atoms with van der Waals surface area (Å²) >= 11 is 2.31. The summed E-state index contributed by atoms with van der Waals surface area (Å²) in [5.74, 6) is 0. The molecule has 1 aliphatic rings. The molecule has 64 valence electrons. The first-order chi connectivity index (χ1) is 5.00. The molecule has 11 heavy (non-hydrogen) atoms. The van der Waals surface area contributed by atoms with Crippen LogP contribution < -0.4 is 0 Å². The first-order valence-electron chi connectivity index (χ1n) is 3.28. The molecule has 0 heterocycles. The van der Waals surface area contributed by atoms with Crippen molar-refractivity contribution < 1.29 is 8.42 Å². The van der Waals surface area contributed by atoms with Crippen molar-refractivity contribution in [1.29, 1.82) is 0 Å². The maximum absolute atomic E-state index is 10.8. The highest BCUT2D eigenvalue weighted by Crippen LogP contribution is 2.28. The van der Waals surface area contributed by atoms with E-state index in [4.69, 9.17) is 10.7 Å². The highest BCUT2D eigenvalue weighted by Gasteiger charge is 2.19. The van der Waals surface area contributed by atoms with Crippen LogP contribution in [0.1, 0.15) is 19.3 Å². The fraction of sp³-hybridized carbons (Fsp3) is 0.667. The molecule has 0 aromatic carbocycles. The SMILES string of the molecule is O=S(=O)(Cl)C1=CCC(I)CC1. The van der Waals surface area contributed by atoms with Gasteiger partial charge in [0.1, 0.15) is 0 Å². The molecule has 1 rings (SSSR count). The summed E-state index contributed by atoms with van der Waals surface area (Å²) in [6.45, 7) is 0. The monoisotopic (exact) mass is 306 g/mol. The van der Waals surface area contributed by atoms with Crippen molar-refractivity contribution in [3.05, 3.63) is 11.0 Å². The third-order valence-corrected chi connectivity index (χ3v) is 4.34. The Bertz CT molecular complexity index is 270. The van der Waals surface area contributed by atoms with Gasteiger partial charge in [-0.1, -0.05) is 28.7 Å². The van der Waals surface area contributed by atoms with Gasteiger partial charge in [-0.05, 0) is 19.3 Å². The minimum Gasteiger partial charge on any atom is -0.207 e. The summed E-state index contributed by atoms with van der Waals surface area (Å²) in [4.78, 5) is 0.395. The Morgan fingerprint density at radius 3 is 2.64 bits per heavy atom. The molecule has 0 saturated heterocycles. The predicted octanol–water partition coefficient (Wildman–Crippen LogP) is 2.43. The van der Waals surface area contributed by atoms with Gasteiger partial charge in [0.15, 0.2) is 0 Å². The summed E-state index contributed by atoms with van der Waals surface area (Å²) in [6.07, 6.45) is 4.06. The van der Waals surface area contributed by atoms with Crippen molar-refractivity contribution in [3.63, 3.8) is 0 Å². The quantitative estimate of drug-likeness (QED) is 0.423. The standard InChI is InChI=1S/C6H8ClIO2S/c7-11(9,10)6-3-1-5(8)2-4-6/h3,5H,1-2,4H2. The van der Waals surface area contributed by atoms with Crippen molar-refractivity contribution in [2.75, 3.05) is 0 Å². The Kier molecular flexibility index (Phi) is 3.22. The number of alkyl halides is 1. The molecule has 5 heteroatoms. The van der Waals surface area contributed by atoms with Crippen LogP contribution in [0.4, 0.5) is 0 Å². The van der Waals surface area contributed by atoms with E-state index in [1.807, 2.05) is 0 Å². The van der Waals surface area contributed by atoms with Crippen molar-refractivity contribution >= 4 is 42.3 Å². The van der Waals surface area contributed by atoms with E-state index < -0.39 is 9.05 Å². The van der Waals surface area contributed by atoms with Crippen LogP contribution in [0.3, 0.4) is 0 Å². The van der Waals surface area contributed by atoms with Crippen LogP contribution in [0.2, 0.25) is 0 Å². The lowest BCUT2D eigenvalue weighted by atomic mass is 10.1. The molecule has 0 aromatic rings. The van der Waals surface area contributed by atoms with Crippen LogP contribution in [0.15, 0.2) is 11.0 Å². The minimum absolute atomic E-state index is 0.395. The summed E-state index contributed by atoms with van der Waals surface area (Å²) < 4.78 is 22.1. The third kappa shape index (κ3) is 2.91. The third-order valence-electron chi connectivity index (χ3n) is 1.62. The molecule has 0 fully saturated rings. The van der Waals surface area contributed by atoms with Gasteiger partial charge in [0.05, 0.1) is 4.91 Å². The van der Waals surface area contributed by atoms with Crippen LogP contribution in [0.25, 0.3) is 0 Å². The second-order valence-corrected chi connectivity index (χ2v) is 6.86. The molecule has 1 atom stereocenters. The van der Waals surface area contributed by atoms with E-state index in [0.717, 1.165) is 12.8 Å². The van der Waals surface area contributed by atoms with Gasteiger partial charge in [0, 0.05) is 14.6 Å². The van der Waals surface area contributed by atoms with Crippen LogP contribution >= 0.6 is 33.3 Å². The molecule has 0 N–H and O–H groups in total. The van der Waals surface area contributed by atoms with Gasteiger partial charge in [-0.2, -0.15) is 0 Å². The van der Waals surface area contributed by atoms with Gasteiger partial charge >= 0.3 is 0 Å². The molecule has 0 amide bonds. The summed E-state index contributed by atoms with van der Waals surface area (Å²) in [5.41, 5.74) is 0. The normalized spacial score (nSPS) is 26.4. The molecule has 1 aliphatic carbocycles. The van der Waals surface area contributed by atoms with Crippen molar-refractivity contribution in [2.24, 2.45) is 0 Å². The average Bonchev–Trinajstić information content (AvgIpc) is 1.86. The number of hydrogen-bond donors (Lipinski definition) is 0. The molecule has 0 radical (unpaired) electrons. The zero-order valence-electron chi connectivity index (χ0n) is 5.76. The number of rotatable bonds is 1. The molecule has 1 unspecified atom stereocenters. The summed E-state index contributed by atoms with van der Waals surface area (Å²) in [7, 11) is 1.74. The average molecular weight is 307 g/mol. The summed E-state index contributed by atoms with van der Waals surface area (Å²) in [5, 5.41) is 0. The van der Waals surface area contributed by atoms with Gasteiger partial charge in [-0.3, -0.25) is 0 Å². The predicted molar refractivity (Wildman–Crippen MR) is 54.5 cm³/mol. The molecular formula is C6H8ClIO2S. The molecule has 0 spiro atoms. The maximum Gasteiger partial charge on any atom is 0.257 e. The molecule has 0 bridgehead atoms. The number of allylic oxidation sites excluding steroid dienone is 2. The lowest BCUT2D eigenvalue weighted by Crippen LogP contribution is -2.07. The lowest BCUT2D eigenvalue weighted by Gasteiger charge is -2.14. The Hall–Kier alpha value is 0.710. The fourth-order valence-corrected chi connectivity index (χ4v) is 2.64. The van der Waals surface area contributed by atoms with Crippen LogP contribution in [-0.4, -0.2) is 12.3 Å². The van der Waals surface area contributed by atoms with E-state index in [-0.39, 0.29) is 0 Å². The Labute approximate surface area is 84.6 Å². The van der Waals surface area contributed by atoms with Crippen LogP contribution in [0.5, 0.6) is 0 Å². The van der Waals surface area contributed by atoms with Crippen molar-refractivity contribution in [2.45, 2.75) is 23.2 Å². The number of hydrogen-bond acceptors (Lipinski definition) is 2. The molecule has 2 nitrogen and oxygen atoms in total. The summed E-state index contributed by atoms with van der Waals surface area (Å²) in [6, 6.07) is 0. The Morgan fingerprint density at radius 2 is 2.27 bits per heavy atom. The largest absolute Gasteiger partial charge is 0.257 e. The zero-order chi connectivity index (χ0) is 8.48. The van der Waals surface area contributed by atoms with E-state index in [1.54, 1.807) is 6.08 Å². The highest BCUT2D eigenvalue weighted by atomic mass is 127. The van der Waals surface area contributed by atoms with E-state index >= 15 is 0 Å². The van der Waals surface area contributed by atoms with Crippen molar-refractivity contribution in [3.8, 4) is 0 Å². The molecule has 0 aromatic heterocycles. The number of halogens is 2. The second-order valence-electron chi connectivity index (χ2n) is 2.48. The van der Waals surface area contributed by atoms with Gasteiger partial charge in [-0.25, -0.2) is 8.42 Å². The highest BCUT2D eigenvalue weighted by molar-refractivity contribution is 14.1. The van der Waals surface area contributed by atoms with E-state index in [0.29, 0.717) is 15.3 Å². The zero-order valence-corrected chi connectivity index (χ0v) is 9.49. The first-order valence-corrected chi connectivity index (χ1v) is 6.83. The fourth-order valence-electron chi connectivity index (χ4n) is 1.000. The smallest absolute Gasteiger partial charge is 0.207 e. The van der Waals surface area contributed by atoms with E-state index in [9.17, 15) is 8.42 Å². The molecular weight excluding hydrogens is 298 g/mol. The first kappa shape index (κ1) is 9.80. The lowest BCUT2D eigenvalue weighted by molar-refractivity contribution is 0.609. The molecule has 0 aliphatic heterocycles. The van der Waals surface area contributed by atoms with Gasteiger partial charge < -0.3 is 0 Å². The topological polar surface area (TPSA) is 34.1 Å². The second kappa shape index (κ2) is 3.62. The Morgan fingerprint density at radius 1 is 1.64 bits per heavy atom. The van der Waals surface area contributed by atoms with Gasteiger partial charge in [-0.15, -0.1) is 0 Å². The van der Waals surface area contributed by atoms with E-state index in [1.165, 1.54) is 0 Å². The molecule has 0 saturated carbocycles.